The number of nitrogens with zero attached hydrogens (tertiary/aromatic N) is 2. The summed E-state index contributed by atoms with van der Waals surface area (Å²) in [4.78, 5) is 30.6. The van der Waals surface area contributed by atoms with Crippen molar-refractivity contribution < 1.29 is 9.59 Å². The summed E-state index contributed by atoms with van der Waals surface area (Å²) < 4.78 is 1.12. The van der Waals surface area contributed by atoms with E-state index in [2.05, 4.69) is 28.4 Å². The lowest BCUT2D eigenvalue weighted by atomic mass is 9.95. The highest BCUT2D eigenvalue weighted by Crippen LogP contribution is 2.40. The Bertz CT molecular complexity index is 1150. The Balaban J connectivity index is 1.45. The molecule has 1 N–H and O–H groups in total. The minimum atomic E-state index is -0.0450. The Morgan fingerprint density at radius 2 is 1.78 bits per heavy atom. The molecule has 0 unspecified atom stereocenters. The van der Waals surface area contributed by atoms with E-state index in [-0.39, 0.29) is 17.7 Å². The predicted molar refractivity (Wildman–Crippen MR) is 130 cm³/mol. The second-order valence-electron chi connectivity index (χ2n) is 8.89. The third-order valence-electron chi connectivity index (χ3n) is 6.74. The maximum atomic E-state index is 13.6. The minimum absolute atomic E-state index is 0.0450. The number of anilines is 1. The average Bonchev–Trinajstić information content (AvgIpc) is 3.54. The van der Waals surface area contributed by atoms with Crippen LogP contribution in [0.4, 0.5) is 5.69 Å². The molecular weight excluding hydrogens is 418 g/mol. The summed E-state index contributed by atoms with van der Waals surface area (Å²) in [6, 6.07) is 16.4. The van der Waals surface area contributed by atoms with Crippen molar-refractivity contribution in [2.24, 2.45) is 0 Å². The van der Waals surface area contributed by atoms with Crippen molar-refractivity contribution in [1.82, 2.24) is 9.80 Å². The van der Waals surface area contributed by atoms with Gasteiger partial charge in [0, 0.05) is 42.9 Å². The van der Waals surface area contributed by atoms with Crippen LogP contribution in [0.25, 0.3) is 10.1 Å². The van der Waals surface area contributed by atoms with Crippen molar-refractivity contribution in [3.05, 3.63) is 64.5 Å². The average molecular weight is 448 g/mol. The van der Waals surface area contributed by atoms with Gasteiger partial charge in [-0.15, -0.1) is 11.3 Å². The zero-order valence-electron chi connectivity index (χ0n) is 18.5. The number of nitrogens with one attached hydrogen (secondary N) is 1. The first-order valence-corrected chi connectivity index (χ1v) is 12.3. The van der Waals surface area contributed by atoms with Crippen molar-refractivity contribution in [2.45, 2.75) is 38.6 Å². The minimum Gasteiger partial charge on any atom is -0.342 e. The molecular formula is C26H29N3O2S. The monoisotopic (exact) mass is 447 g/mol. The number of rotatable bonds is 5. The van der Waals surface area contributed by atoms with E-state index in [0.717, 1.165) is 64.4 Å². The second kappa shape index (κ2) is 9.04. The Hall–Kier alpha value is -2.70. The molecule has 5 rings (SSSR count). The Labute approximate surface area is 193 Å². The number of hydrogen-bond acceptors (Lipinski definition) is 4. The van der Waals surface area contributed by atoms with Crippen molar-refractivity contribution in [3.8, 4) is 0 Å². The van der Waals surface area contributed by atoms with Crippen molar-refractivity contribution in [3.63, 3.8) is 0 Å². The zero-order chi connectivity index (χ0) is 22.1. The van der Waals surface area contributed by atoms with Gasteiger partial charge >= 0.3 is 0 Å². The van der Waals surface area contributed by atoms with Gasteiger partial charge in [-0.2, -0.15) is 0 Å². The molecule has 0 aliphatic carbocycles. The van der Waals surface area contributed by atoms with Crippen LogP contribution in [-0.4, -0.2) is 47.8 Å². The highest BCUT2D eigenvalue weighted by Gasteiger charge is 2.31. The molecule has 3 aromatic rings. The molecule has 2 aliphatic rings. The standard InChI is InChI=1S/C26H29N3O2S/c1-18(30)29-15-12-20(17-29)24-21-9-3-5-11-23(21)32-25(24)26(31)27-22-10-4-2-8-19(22)16-28-13-6-7-14-28/h2-5,8-11,20H,6-7,12-17H2,1H3,(H,27,31)/t20-/m1/s1. The van der Waals surface area contributed by atoms with Gasteiger partial charge in [0.2, 0.25) is 5.91 Å². The molecule has 0 radical (unpaired) electrons. The first-order chi connectivity index (χ1) is 15.6. The van der Waals surface area contributed by atoms with Crippen LogP contribution in [0.3, 0.4) is 0 Å². The van der Waals surface area contributed by atoms with Gasteiger partial charge in [-0.25, -0.2) is 0 Å². The lowest BCUT2D eigenvalue weighted by molar-refractivity contribution is -0.127. The maximum absolute atomic E-state index is 13.6. The molecule has 0 bridgehead atoms. The van der Waals surface area contributed by atoms with Gasteiger partial charge in [-0.05, 0) is 61.0 Å². The van der Waals surface area contributed by atoms with Crippen LogP contribution in [0.2, 0.25) is 0 Å². The lowest BCUT2D eigenvalue weighted by Gasteiger charge is -2.18. The number of fused-ring (bicyclic) bond motifs is 1. The summed E-state index contributed by atoms with van der Waals surface area (Å²) in [5.74, 6) is 0.251. The number of carbonyl (C=O) groups is 2. The van der Waals surface area contributed by atoms with Gasteiger partial charge in [0.15, 0.2) is 0 Å². The van der Waals surface area contributed by atoms with Crippen LogP contribution in [0.15, 0.2) is 48.5 Å². The normalized spacial score (nSPS) is 19.0. The van der Waals surface area contributed by atoms with Crippen LogP contribution in [0, 0.1) is 0 Å². The lowest BCUT2D eigenvalue weighted by Crippen LogP contribution is -2.25. The number of amides is 2. The summed E-state index contributed by atoms with van der Waals surface area (Å²) in [6.45, 7) is 6.17. The van der Waals surface area contributed by atoms with Gasteiger partial charge in [0.05, 0.1) is 4.88 Å². The summed E-state index contributed by atoms with van der Waals surface area (Å²) in [5.41, 5.74) is 3.16. The van der Waals surface area contributed by atoms with Crippen LogP contribution >= 0.6 is 11.3 Å². The molecule has 0 saturated carbocycles. The summed E-state index contributed by atoms with van der Waals surface area (Å²) >= 11 is 1.56. The molecule has 6 heteroatoms. The third kappa shape index (κ3) is 4.17. The fraction of sp³-hybridized carbons (Fsp3) is 0.385. The topological polar surface area (TPSA) is 52.7 Å². The van der Waals surface area contributed by atoms with E-state index in [1.807, 2.05) is 35.2 Å². The number of thiophene rings is 1. The first-order valence-electron chi connectivity index (χ1n) is 11.5. The number of carbonyl (C=O) groups excluding carboxylic acids is 2. The molecule has 0 spiro atoms. The molecule has 1 aromatic heterocycles. The maximum Gasteiger partial charge on any atom is 0.266 e. The Morgan fingerprint density at radius 1 is 1.03 bits per heavy atom. The fourth-order valence-electron chi connectivity index (χ4n) is 5.06. The van der Waals surface area contributed by atoms with E-state index in [9.17, 15) is 9.59 Å². The predicted octanol–water partition coefficient (Wildman–Crippen LogP) is 5.09. The van der Waals surface area contributed by atoms with Gasteiger partial charge in [0.25, 0.3) is 5.91 Å². The smallest absolute Gasteiger partial charge is 0.266 e. The number of benzene rings is 2. The molecule has 2 amide bonds. The van der Waals surface area contributed by atoms with E-state index < -0.39 is 0 Å². The molecule has 32 heavy (non-hydrogen) atoms. The highest BCUT2D eigenvalue weighted by atomic mass is 32.1. The largest absolute Gasteiger partial charge is 0.342 e. The summed E-state index contributed by atoms with van der Waals surface area (Å²) in [5, 5.41) is 4.37. The summed E-state index contributed by atoms with van der Waals surface area (Å²) in [7, 11) is 0. The number of para-hydroxylation sites is 1. The molecule has 2 aromatic carbocycles. The zero-order valence-corrected chi connectivity index (χ0v) is 19.3. The molecule has 3 heterocycles. The third-order valence-corrected chi connectivity index (χ3v) is 7.93. The Morgan fingerprint density at radius 3 is 2.56 bits per heavy atom. The highest BCUT2D eigenvalue weighted by molar-refractivity contribution is 7.21. The molecule has 5 nitrogen and oxygen atoms in total. The van der Waals surface area contributed by atoms with Crippen molar-refractivity contribution in [2.75, 3.05) is 31.5 Å². The van der Waals surface area contributed by atoms with Crippen LogP contribution in [0.1, 0.15) is 52.9 Å². The van der Waals surface area contributed by atoms with Crippen LogP contribution in [-0.2, 0) is 11.3 Å². The van der Waals surface area contributed by atoms with Crippen LogP contribution in [0.5, 0.6) is 0 Å². The van der Waals surface area contributed by atoms with Crippen LogP contribution < -0.4 is 5.32 Å². The quantitative estimate of drug-likeness (QED) is 0.593. The van der Waals surface area contributed by atoms with Crippen molar-refractivity contribution in [1.29, 1.82) is 0 Å². The SMILES string of the molecule is CC(=O)N1CC[C@@H](c2c(C(=O)Nc3ccccc3CN3CCCC3)sc3ccccc23)C1. The fourth-order valence-corrected chi connectivity index (χ4v) is 6.25. The molecule has 166 valence electrons. The first kappa shape index (κ1) is 21.2. The van der Waals surface area contributed by atoms with Gasteiger partial charge in [-0.3, -0.25) is 14.5 Å². The van der Waals surface area contributed by atoms with E-state index in [1.165, 1.54) is 12.8 Å². The van der Waals surface area contributed by atoms with E-state index in [4.69, 9.17) is 0 Å². The van der Waals surface area contributed by atoms with Crippen molar-refractivity contribution >= 4 is 38.9 Å². The molecule has 2 fully saturated rings. The molecule has 2 saturated heterocycles. The molecule has 1 atom stereocenters. The Kier molecular flexibility index (Phi) is 5.98. The van der Waals surface area contributed by atoms with E-state index >= 15 is 0 Å². The van der Waals surface area contributed by atoms with Gasteiger partial charge < -0.3 is 10.2 Å². The summed E-state index contributed by atoms with van der Waals surface area (Å²) in [6.07, 6.45) is 3.39. The molecule has 2 aliphatic heterocycles. The van der Waals surface area contributed by atoms with Gasteiger partial charge in [0.1, 0.15) is 0 Å². The second-order valence-corrected chi connectivity index (χ2v) is 9.94. The van der Waals surface area contributed by atoms with E-state index in [0.29, 0.717) is 6.54 Å². The van der Waals surface area contributed by atoms with E-state index in [1.54, 1.807) is 18.3 Å². The van der Waals surface area contributed by atoms with Gasteiger partial charge in [-0.1, -0.05) is 36.4 Å². The number of hydrogen-bond donors (Lipinski definition) is 1. The number of likely N-dealkylation sites (tertiary alicyclic amines) is 2.